The highest BCUT2D eigenvalue weighted by atomic mass is 16.3. The van der Waals surface area contributed by atoms with Crippen LogP contribution < -0.4 is 5.32 Å². The number of aromatic nitrogens is 1. The fourth-order valence-electron chi connectivity index (χ4n) is 1.84. The van der Waals surface area contributed by atoms with Gasteiger partial charge in [0, 0.05) is 23.7 Å². The van der Waals surface area contributed by atoms with E-state index < -0.39 is 5.60 Å². The second-order valence-electron chi connectivity index (χ2n) is 6.03. The highest BCUT2D eigenvalue weighted by molar-refractivity contribution is 5.81. The lowest BCUT2D eigenvalue weighted by Crippen LogP contribution is -2.55. The number of fused-ring (bicyclic) bond motifs is 1. The molecule has 0 atom stereocenters. The van der Waals surface area contributed by atoms with E-state index in [0.29, 0.717) is 6.54 Å². The molecule has 1 aromatic carbocycles. The quantitative estimate of drug-likeness (QED) is 0.886. The lowest BCUT2D eigenvalue weighted by Gasteiger charge is -2.38. The molecule has 1 aromatic heterocycles. The summed E-state index contributed by atoms with van der Waals surface area (Å²) in [6.45, 7) is 8.34. The Labute approximate surface area is 114 Å². The number of pyridine rings is 1. The molecule has 2 rings (SSSR count). The van der Waals surface area contributed by atoms with Crippen molar-refractivity contribution in [2.75, 3.05) is 0 Å². The Morgan fingerprint density at radius 1 is 1.11 bits per heavy atom. The molecule has 0 amide bonds. The highest BCUT2D eigenvalue weighted by Gasteiger charge is 2.34. The van der Waals surface area contributed by atoms with Gasteiger partial charge in [-0.05, 0) is 39.3 Å². The summed E-state index contributed by atoms with van der Waals surface area (Å²) in [5.74, 6) is 0. The van der Waals surface area contributed by atoms with Gasteiger partial charge in [0.05, 0.1) is 11.1 Å². The minimum absolute atomic E-state index is 0.371. The Kier molecular flexibility index (Phi) is 3.61. The van der Waals surface area contributed by atoms with Crippen molar-refractivity contribution < 1.29 is 5.11 Å². The van der Waals surface area contributed by atoms with Crippen LogP contribution >= 0.6 is 0 Å². The summed E-state index contributed by atoms with van der Waals surface area (Å²) >= 11 is 0. The average molecular weight is 258 g/mol. The van der Waals surface area contributed by atoms with Gasteiger partial charge in [-0.15, -0.1) is 0 Å². The standard InChI is InChI=1S/C16H22N2O/c1-15(2,16(3,4)19)18-11-13-8-5-7-12-9-6-10-17-14(12)13/h5-10,18-19H,11H2,1-4H3. The number of hydrogen-bond donors (Lipinski definition) is 2. The van der Waals surface area contributed by atoms with Gasteiger partial charge >= 0.3 is 0 Å². The first-order valence-corrected chi connectivity index (χ1v) is 6.61. The molecule has 0 radical (unpaired) electrons. The number of benzene rings is 1. The summed E-state index contributed by atoms with van der Waals surface area (Å²) in [5, 5.41) is 14.7. The van der Waals surface area contributed by atoms with E-state index in [0.717, 1.165) is 16.5 Å². The molecule has 102 valence electrons. The molecule has 0 saturated heterocycles. The van der Waals surface area contributed by atoms with Crippen LogP contribution in [0, 0.1) is 0 Å². The number of aliphatic hydroxyl groups is 1. The Morgan fingerprint density at radius 3 is 2.47 bits per heavy atom. The molecule has 1 heterocycles. The monoisotopic (exact) mass is 258 g/mol. The highest BCUT2D eigenvalue weighted by Crippen LogP contribution is 2.22. The van der Waals surface area contributed by atoms with Crippen LogP contribution in [0.2, 0.25) is 0 Å². The smallest absolute Gasteiger partial charge is 0.0767 e. The minimum atomic E-state index is -0.787. The van der Waals surface area contributed by atoms with Gasteiger partial charge < -0.3 is 10.4 Å². The summed E-state index contributed by atoms with van der Waals surface area (Å²) in [4.78, 5) is 4.44. The summed E-state index contributed by atoms with van der Waals surface area (Å²) in [6.07, 6.45) is 1.81. The molecule has 3 nitrogen and oxygen atoms in total. The number of hydrogen-bond acceptors (Lipinski definition) is 3. The summed E-state index contributed by atoms with van der Waals surface area (Å²) in [7, 11) is 0. The number of nitrogens with one attached hydrogen (secondary N) is 1. The first-order chi connectivity index (χ1) is 8.81. The van der Waals surface area contributed by atoms with Crippen LogP contribution in [0.5, 0.6) is 0 Å². The molecule has 0 aliphatic rings. The van der Waals surface area contributed by atoms with E-state index in [1.807, 2.05) is 46.0 Å². The Hall–Kier alpha value is -1.45. The van der Waals surface area contributed by atoms with Crippen molar-refractivity contribution in [1.82, 2.24) is 10.3 Å². The Bertz CT molecular complexity index is 565. The first kappa shape index (κ1) is 14.0. The van der Waals surface area contributed by atoms with Crippen LogP contribution in [0.1, 0.15) is 33.3 Å². The third-order valence-electron chi connectivity index (χ3n) is 3.97. The fraction of sp³-hybridized carbons (Fsp3) is 0.438. The molecule has 2 aromatic rings. The summed E-state index contributed by atoms with van der Waals surface area (Å²) in [6, 6.07) is 10.2. The minimum Gasteiger partial charge on any atom is -0.389 e. The molecule has 0 spiro atoms. The van der Waals surface area contributed by atoms with Crippen LogP contribution in [0.25, 0.3) is 10.9 Å². The maximum absolute atomic E-state index is 10.2. The predicted octanol–water partition coefficient (Wildman–Crippen LogP) is 2.87. The van der Waals surface area contributed by atoms with Gasteiger partial charge in [-0.25, -0.2) is 0 Å². The summed E-state index contributed by atoms with van der Waals surface area (Å²) in [5.41, 5.74) is 1.01. The van der Waals surface area contributed by atoms with Gasteiger partial charge in [0.15, 0.2) is 0 Å². The van der Waals surface area contributed by atoms with Crippen LogP contribution in [0.15, 0.2) is 36.5 Å². The SMILES string of the molecule is CC(C)(O)C(C)(C)NCc1cccc2cccnc12. The van der Waals surface area contributed by atoms with E-state index in [-0.39, 0.29) is 5.54 Å². The Morgan fingerprint density at radius 2 is 1.79 bits per heavy atom. The van der Waals surface area contributed by atoms with Gasteiger partial charge in [0.1, 0.15) is 0 Å². The first-order valence-electron chi connectivity index (χ1n) is 6.61. The van der Waals surface area contributed by atoms with Gasteiger partial charge in [-0.3, -0.25) is 4.98 Å². The van der Waals surface area contributed by atoms with Crippen molar-refractivity contribution in [3.63, 3.8) is 0 Å². The Balaban J connectivity index is 2.23. The average Bonchev–Trinajstić information content (AvgIpc) is 2.35. The second kappa shape index (κ2) is 4.91. The summed E-state index contributed by atoms with van der Waals surface area (Å²) < 4.78 is 0. The van der Waals surface area contributed by atoms with E-state index in [2.05, 4.69) is 28.5 Å². The van der Waals surface area contributed by atoms with Crippen LogP contribution in [-0.4, -0.2) is 21.2 Å². The van der Waals surface area contributed by atoms with E-state index in [9.17, 15) is 5.11 Å². The lowest BCUT2D eigenvalue weighted by molar-refractivity contribution is -0.00527. The normalized spacial score (nSPS) is 12.9. The molecule has 0 aliphatic carbocycles. The van der Waals surface area contributed by atoms with Crippen molar-refractivity contribution in [3.8, 4) is 0 Å². The molecule has 0 fully saturated rings. The zero-order chi connectivity index (χ0) is 14.1. The molecule has 0 unspecified atom stereocenters. The molecule has 2 N–H and O–H groups in total. The van der Waals surface area contributed by atoms with Crippen molar-refractivity contribution in [3.05, 3.63) is 42.1 Å². The topological polar surface area (TPSA) is 45.1 Å². The van der Waals surface area contributed by atoms with Crippen LogP contribution in [0.4, 0.5) is 0 Å². The maximum Gasteiger partial charge on any atom is 0.0767 e. The van der Waals surface area contributed by atoms with Crippen molar-refractivity contribution in [2.24, 2.45) is 0 Å². The molecule has 19 heavy (non-hydrogen) atoms. The van der Waals surface area contributed by atoms with Gasteiger partial charge in [-0.1, -0.05) is 24.3 Å². The van der Waals surface area contributed by atoms with E-state index in [1.165, 1.54) is 0 Å². The van der Waals surface area contributed by atoms with Gasteiger partial charge in [0.25, 0.3) is 0 Å². The zero-order valence-electron chi connectivity index (χ0n) is 12.1. The fourth-order valence-corrected chi connectivity index (χ4v) is 1.84. The number of rotatable bonds is 4. The molecular formula is C16H22N2O. The third-order valence-corrected chi connectivity index (χ3v) is 3.97. The van der Waals surface area contributed by atoms with E-state index in [1.54, 1.807) is 0 Å². The van der Waals surface area contributed by atoms with E-state index in [4.69, 9.17) is 0 Å². The van der Waals surface area contributed by atoms with Gasteiger partial charge in [-0.2, -0.15) is 0 Å². The molecule has 0 saturated carbocycles. The predicted molar refractivity (Wildman–Crippen MR) is 79.0 cm³/mol. The van der Waals surface area contributed by atoms with Crippen LogP contribution in [0.3, 0.4) is 0 Å². The van der Waals surface area contributed by atoms with E-state index >= 15 is 0 Å². The number of nitrogens with zero attached hydrogens (tertiary/aromatic N) is 1. The zero-order valence-corrected chi connectivity index (χ0v) is 12.1. The largest absolute Gasteiger partial charge is 0.389 e. The van der Waals surface area contributed by atoms with Crippen LogP contribution in [-0.2, 0) is 6.54 Å². The molecule has 0 aliphatic heterocycles. The number of para-hydroxylation sites is 1. The van der Waals surface area contributed by atoms with Gasteiger partial charge in [0.2, 0.25) is 0 Å². The second-order valence-corrected chi connectivity index (χ2v) is 6.03. The van der Waals surface area contributed by atoms with Crippen molar-refractivity contribution in [1.29, 1.82) is 0 Å². The van der Waals surface area contributed by atoms with Crippen molar-refractivity contribution >= 4 is 10.9 Å². The molecule has 0 bridgehead atoms. The molecular weight excluding hydrogens is 236 g/mol. The third kappa shape index (κ3) is 2.94. The lowest BCUT2D eigenvalue weighted by atomic mass is 9.86. The molecule has 3 heteroatoms. The van der Waals surface area contributed by atoms with Crippen molar-refractivity contribution in [2.45, 2.75) is 45.4 Å². The maximum atomic E-state index is 10.2.